The van der Waals surface area contributed by atoms with E-state index in [0.717, 1.165) is 0 Å². The molecule has 1 aromatic heterocycles. The lowest BCUT2D eigenvalue weighted by Gasteiger charge is -2.14. The van der Waals surface area contributed by atoms with E-state index in [4.69, 9.17) is 4.74 Å². The van der Waals surface area contributed by atoms with Crippen molar-refractivity contribution in [1.82, 2.24) is 9.78 Å². The Bertz CT molecular complexity index is 967. The number of carbonyl (C=O) groups excluding carboxylic acids is 1. The number of benzene rings is 1. The van der Waals surface area contributed by atoms with Gasteiger partial charge in [-0.05, 0) is 25.5 Å². The van der Waals surface area contributed by atoms with E-state index in [2.05, 4.69) is 10.4 Å². The molecule has 1 aliphatic rings. The fraction of sp³-hybridized carbons (Fsp3) is 0.375. The first kappa shape index (κ1) is 18.8. The Morgan fingerprint density at radius 2 is 2.11 bits per heavy atom. The van der Waals surface area contributed by atoms with E-state index in [9.17, 15) is 23.3 Å². The van der Waals surface area contributed by atoms with Gasteiger partial charge in [-0.25, -0.2) is 13.1 Å². The fourth-order valence-corrected chi connectivity index (χ4v) is 4.54. The van der Waals surface area contributed by atoms with Crippen LogP contribution in [0.25, 0.3) is 0 Å². The molecule has 0 radical (unpaired) electrons. The molecule has 1 unspecified atom stereocenters. The molecule has 10 nitrogen and oxygen atoms in total. The number of nitro groups is 1. The van der Waals surface area contributed by atoms with Gasteiger partial charge in [0.05, 0.1) is 28.2 Å². The Morgan fingerprint density at radius 3 is 2.70 bits per heavy atom. The van der Waals surface area contributed by atoms with Gasteiger partial charge in [-0.1, -0.05) is 0 Å². The number of ether oxygens (including phenoxy) is 1. The van der Waals surface area contributed by atoms with Crippen molar-refractivity contribution in [2.45, 2.75) is 19.4 Å². The molecule has 1 aliphatic heterocycles. The SMILES string of the molecule is Cc1cc(NC(=O)COc2ccc([N+](=O)[O-])cc2)n(C2CCS(=O)(=O)C2)n1. The van der Waals surface area contributed by atoms with Crippen molar-refractivity contribution < 1.29 is 22.9 Å². The van der Waals surface area contributed by atoms with E-state index in [-0.39, 0.29) is 29.8 Å². The summed E-state index contributed by atoms with van der Waals surface area (Å²) >= 11 is 0. The summed E-state index contributed by atoms with van der Waals surface area (Å²) in [5.41, 5.74) is 0.587. The molecule has 3 rings (SSSR count). The van der Waals surface area contributed by atoms with Gasteiger partial charge < -0.3 is 10.1 Å². The van der Waals surface area contributed by atoms with Crippen LogP contribution in [0.2, 0.25) is 0 Å². The molecule has 1 amide bonds. The molecule has 2 aromatic rings. The minimum absolute atomic E-state index is 0.00369. The molecule has 1 saturated heterocycles. The number of non-ortho nitro benzene ring substituents is 1. The summed E-state index contributed by atoms with van der Waals surface area (Å²) < 4.78 is 30.2. The van der Waals surface area contributed by atoms with Crippen molar-refractivity contribution >= 4 is 27.2 Å². The van der Waals surface area contributed by atoms with Gasteiger partial charge in [0.25, 0.3) is 11.6 Å². The van der Waals surface area contributed by atoms with Crippen molar-refractivity contribution in [2.75, 3.05) is 23.4 Å². The average Bonchev–Trinajstić information content (AvgIpc) is 3.15. The van der Waals surface area contributed by atoms with Gasteiger partial charge in [-0.15, -0.1) is 0 Å². The molecule has 1 N–H and O–H groups in total. The molecule has 1 aromatic carbocycles. The number of sulfone groups is 1. The number of hydrogen-bond acceptors (Lipinski definition) is 7. The lowest BCUT2D eigenvalue weighted by atomic mass is 10.3. The Kier molecular flexibility index (Phi) is 5.13. The number of nitro benzene ring substituents is 1. The Morgan fingerprint density at radius 1 is 1.41 bits per heavy atom. The van der Waals surface area contributed by atoms with E-state index in [0.29, 0.717) is 23.7 Å². The fourth-order valence-electron chi connectivity index (χ4n) is 2.85. The van der Waals surface area contributed by atoms with Crippen molar-refractivity contribution in [3.05, 3.63) is 46.1 Å². The maximum absolute atomic E-state index is 12.2. The molecule has 27 heavy (non-hydrogen) atoms. The van der Waals surface area contributed by atoms with Gasteiger partial charge in [0.15, 0.2) is 16.4 Å². The zero-order valence-electron chi connectivity index (χ0n) is 14.5. The molecule has 0 spiro atoms. The Labute approximate surface area is 155 Å². The molecular formula is C16H18N4O6S. The van der Waals surface area contributed by atoms with Crippen molar-refractivity contribution in [1.29, 1.82) is 0 Å². The van der Waals surface area contributed by atoms with Gasteiger partial charge in [-0.3, -0.25) is 14.9 Å². The third-order valence-corrected chi connectivity index (χ3v) is 5.85. The summed E-state index contributed by atoms with van der Waals surface area (Å²) in [6.07, 6.45) is 0.450. The number of aryl methyl sites for hydroxylation is 1. The predicted molar refractivity (Wildman–Crippen MR) is 96.5 cm³/mol. The van der Waals surface area contributed by atoms with Gasteiger partial charge in [-0.2, -0.15) is 5.10 Å². The standard InChI is InChI=1S/C16H18N4O6S/c1-11-8-15(19(18-11)13-6-7-27(24,25)10-13)17-16(21)9-26-14-4-2-12(3-5-14)20(22)23/h2-5,8,13H,6-7,9-10H2,1H3,(H,17,21). The highest BCUT2D eigenvalue weighted by molar-refractivity contribution is 7.91. The highest BCUT2D eigenvalue weighted by atomic mass is 32.2. The average molecular weight is 394 g/mol. The second-order valence-corrected chi connectivity index (χ2v) is 8.49. The molecule has 0 saturated carbocycles. The van der Waals surface area contributed by atoms with E-state index < -0.39 is 20.7 Å². The lowest BCUT2D eigenvalue weighted by Crippen LogP contribution is -2.23. The zero-order valence-corrected chi connectivity index (χ0v) is 15.3. The number of rotatable bonds is 6. The molecule has 1 fully saturated rings. The number of carbonyl (C=O) groups is 1. The first-order valence-electron chi connectivity index (χ1n) is 8.17. The third kappa shape index (κ3) is 4.61. The van der Waals surface area contributed by atoms with Crippen LogP contribution >= 0.6 is 0 Å². The lowest BCUT2D eigenvalue weighted by molar-refractivity contribution is -0.384. The summed E-state index contributed by atoms with van der Waals surface area (Å²) in [4.78, 5) is 22.3. The van der Waals surface area contributed by atoms with Gasteiger partial charge in [0.2, 0.25) is 0 Å². The van der Waals surface area contributed by atoms with Crippen LogP contribution in [0.1, 0.15) is 18.2 Å². The highest BCUT2D eigenvalue weighted by Gasteiger charge is 2.31. The summed E-state index contributed by atoms with van der Waals surface area (Å²) in [5, 5.41) is 17.6. The van der Waals surface area contributed by atoms with Crippen molar-refractivity contribution in [2.24, 2.45) is 0 Å². The normalized spacial score (nSPS) is 18.2. The predicted octanol–water partition coefficient (Wildman–Crippen LogP) is 1.48. The molecule has 0 bridgehead atoms. The van der Waals surface area contributed by atoms with Crippen LogP contribution in [0.15, 0.2) is 30.3 Å². The van der Waals surface area contributed by atoms with Crippen LogP contribution in [0.5, 0.6) is 5.75 Å². The number of amides is 1. The summed E-state index contributed by atoms with van der Waals surface area (Å²) in [5.74, 6) is 0.383. The van der Waals surface area contributed by atoms with Crippen LogP contribution in [0, 0.1) is 17.0 Å². The smallest absolute Gasteiger partial charge is 0.269 e. The van der Waals surface area contributed by atoms with Crippen LogP contribution in [-0.4, -0.2) is 47.1 Å². The summed E-state index contributed by atoms with van der Waals surface area (Å²) in [6.45, 7) is 1.45. The molecule has 144 valence electrons. The molecular weight excluding hydrogens is 376 g/mol. The van der Waals surface area contributed by atoms with Crippen LogP contribution < -0.4 is 10.1 Å². The third-order valence-electron chi connectivity index (χ3n) is 4.10. The van der Waals surface area contributed by atoms with Gasteiger partial charge >= 0.3 is 0 Å². The van der Waals surface area contributed by atoms with E-state index in [1.165, 1.54) is 28.9 Å². The second kappa shape index (κ2) is 7.35. The monoisotopic (exact) mass is 394 g/mol. The van der Waals surface area contributed by atoms with Gasteiger partial charge in [0, 0.05) is 18.2 Å². The van der Waals surface area contributed by atoms with Crippen LogP contribution in [0.4, 0.5) is 11.5 Å². The van der Waals surface area contributed by atoms with Crippen LogP contribution in [-0.2, 0) is 14.6 Å². The molecule has 11 heteroatoms. The van der Waals surface area contributed by atoms with E-state index >= 15 is 0 Å². The molecule has 2 heterocycles. The summed E-state index contributed by atoms with van der Waals surface area (Å²) in [6, 6.07) is 6.73. The van der Waals surface area contributed by atoms with Crippen LogP contribution in [0.3, 0.4) is 0 Å². The minimum atomic E-state index is -3.08. The number of nitrogens with zero attached hydrogens (tertiary/aromatic N) is 3. The largest absolute Gasteiger partial charge is 0.484 e. The first-order chi connectivity index (χ1) is 12.7. The number of anilines is 1. The second-order valence-electron chi connectivity index (χ2n) is 6.26. The maximum Gasteiger partial charge on any atom is 0.269 e. The zero-order chi connectivity index (χ0) is 19.6. The first-order valence-corrected chi connectivity index (χ1v) is 9.99. The van der Waals surface area contributed by atoms with E-state index in [1.54, 1.807) is 13.0 Å². The topological polar surface area (TPSA) is 133 Å². The molecule has 0 aliphatic carbocycles. The minimum Gasteiger partial charge on any atom is -0.484 e. The number of aromatic nitrogens is 2. The van der Waals surface area contributed by atoms with Crippen molar-refractivity contribution in [3.63, 3.8) is 0 Å². The van der Waals surface area contributed by atoms with Crippen molar-refractivity contribution in [3.8, 4) is 5.75 Å². The highest BCUT2D eigenvalue weighted by Crippen LogP contribution is 2.27. The Hall–Kier alpha value is -2.95. The van der Waals surface area contributed by atoms with E-state index in [1.807, 2.05) is 0 Å². The Balaban J connectivity index is 1.62. The van der Waals surface area contributed by atoms with Gasteiger partial charge in [0.1, 0.15) is 11.6 Å². The maximum atomic E-state index is 12.2. The number of nitrogens with one attached hydrogen (secondary N) is 1. The molecule has 1 atom stereocenters. The summed E-state index contributed by atoms with van der Waals surface area (Å²) in [7, 11) is -3.08. The quantitative estimate of drug-likeness (QED) is 0.579. The number of hydrogen-bond donors (Lipinski definition) is 1.